The van der Waals surface area contributed by atoms with Crippen molar-refractivity contribution < 1.29 is 14.5 Å². The molecule has 0 aliphatic carbocycles. The number of hydrogen-bond donors (Lipinski definition) is 1. The number of carboxylic acid groups (broad SMARTS) is 1. The molecule has 1 N–H and O–H groups in total. The van der Waals surface area contributed by atoms with Gasteiger partial charge in [0.15, 0.2) is 6.20 Å². The number of aromatic carboxylic acids is 1. The molecule has 0 spiro atoms. The molecule has 0 saturated heterocycles. The van der Waals surface area contributed by atoms with Crippen molar-refractivity contribution in [1.82, 2.24) is 0 Å². The number of hydrogen-bond acceptors (Lipinski definition) is 1. The molecule has 0 unspecified atom stereocenters. The Hall–Kier alpha value is -0.650. The summed E-state index contributed by atoms with van der Waals surface area (Å²) in [6, 6.07) is 3.48. The molecule has 11 heavy (non-hydrogen) atoms. The zero-order valence-corrected chi connectivity index (χ0v) is 8.07. The van der Waals surface area contributed by atoms with Crippen LogP contribution in [0.3, 0.4) is 0 Å². The molecule has 0 aromatic carbocycles. The Labute approximate surface area is 77.8 Å². The highest BCUT2D eigenvalue weighted by Gasteiger charge is 2.14. The number of rotatable bonds is 1. The summed E-state index contributed by atoms with van der Waals surface area (Å²) >= 11 is 2.08. The van der Waals surface area contributed by atoms with Crippen molar-refractivity contribution in [1.29, 1.82) is 0 Å². The summed E-state index contributed by atoms with van der Waals surface area (Å²) in [4.78, 5) is 10.5. The maximum atomic E-state index is 10.5. The highest BCUT2D eigenvalue weighted by Crippen LogP contribution is 2.02. The fourth-order valence-corrected chi connectivity index (χ4v) is 1.21. The van der Waals surface area contributed by atoms with Crippen LogP contribution in [0, 0.1) is 3.57 Å². The Balaban J connectivity index is 3.23. The minimum atomic E-state index is -0.897. The van der Waals surface area contributed by atoms with Crippen molar-refractivity contribution in [2.75, 3.05) is 0 Å². The van der Waals surface area contributed by atoms with E-state index >= 15 is 0 Å². The molecule has 58 valence electrons. The average Bonchev–Trinajstić information content (AvgIpc) is 1.94. The van der Waals surface area contributed by atoms with E-state index in [2.05, 4.69) is 22.6 Å². The predicted molar refractivity (Wildman–Crippen MR) is 47.3 cm³/mol. The first-order valence-electron chi connectivity index (χ1n) is 3.00. The van der Waals surface area contributed by atoms with E-state index in [1.54, 1.807) is 23.9 Å². The molecule has 1 heterocycles. The van der Waals surface area contributed by atoms with Gasteiger partial charge < -0.3 is 5.11 Å². The first kappa shape index (κ1) is 8.45. The molecule has 0 aliphatic rings. The normalized spacial score (nSPS) is 9.64. The van der Waals surface area contributed by atoms with E-state index in [9.17, 15) is 4.79 Å². The fourth-order valence-electron chi connectivity index (χ4n) is 0.756. The third kappa shape index (κ3) is 1.89. The minimum Gasteiger partial charge on any atom is -0.473 e. The van der Waals surface area contributed by atoms with Crippen molar-refractivity contribution in [3.8, 4) is 0 Å². The number of nitrogens with zero attached hydrogens (tertiary/aromatic N) is 1. The molecule has 1 rings (SSSR count). The third-order valence-corrected chi connectivity index (χ3v) is 2.00. The lowest BCUT2D eigenvalue weighted by atomic mass is 10.3. The van der Waals surface area contributed by atoms with Crippen LogP contribution < -0.4 is 4.57 Å². The van der Waals surface area contributed by atoms with Crippen LogP contribution in [0.15, 0.2) is 18.3 Å². The van der Waals surface area contributed by atoms with Crippen molar-refractivity contribution in [2.24, 2.45) is 7.05 Å². The van der Waals surface area contributed by atoms with Gasteiger partial charge in [-0.05, 0) is 22.6 Å². The van der Waals surface area contributed by atoms with Crippen LogP contribution in [0.5, 0.6) is 0 Å². The van der Waals surface area contributed by atoms with Crippen LogP contribution >= 0.6 is 22.6 Å². The van der Waals surface area contributed by atoms with Gasteiger partial charge in [0.2, 0.25) is 0 Å². The van der Waals surface area contributed by atoms with E-state index in [1.807, 2.05) is 6.07 Å². The quantitative estimate of drug-likeness (QED) is 0.602. The highest BCUT2D eigenvalue weighted by atomic mass is 127. The van der Waals surface area contributed by atoms with Crippen LogP contribution in [0.2, 0.25) is 0 Å². The largest absolute Gasteiger partial charge is 0.473 e. The van der Waals surface area contributed by atoms with E-state index in [-0.39, 0.29) is 0 Å². The monoisotopic (exact) mass is 264 g/mol. The van der Waals surface area contributed by atoms with Gasteiger partial charge in [0.25, 0.3) is 5.69 Å². The van der Waals surface area contributed by atoms with E-state index in [0.29, 0.717) is 5.69 Å². The molecule has 1 aromatic rings. The lowest BCUT2D eigenvalue weighted by Crippen LogP contribution is -2.35. The maximum Gasteiger partial charge on any atom is 0.401 e. The van der Waals surface area contributed by atoms with Gasteiger partial charge in [-0.25, -0.2) is 4.79 Å². The van der Waals surface area contributed by atoms with Gasteiger partial charge in [-0.1, -0.05) is 0 Å². The number of pyridine rings is 1. The smallest absolute Gasteiger partial charge is 0.401 e. The molecule has 1 aromatic heterocycles. The van der Waals surface area contributed by atoms with Crippen LogP contribution in [-0.4, -0.2) is 11.1 Å². The van der Waals surface area contributed by atoms with E-state index in [0.717, 1.165) is 3.57 Å². The van der Waals surface area contributed by atoms with Crippen molar-refractivity contribution >= 4 is 28.6 Å². The van der Waals surface area contributed by atoms with Crippen molar-refractivity contribution in [3.63, 3.8) is 0 Å². The van der Waals surface area contributed by atoms with Gasteiger partial charge in [-0.3, -0.25) is 0 Å². The molecule has 0 atom stereocenters. The lowest BCUT2D eigenvalue weighted by molar-refractivity contribution is -0.674. The SMILES string of the molecule is C[n+]1ccc(I)cc1C(=O)O. The minimum absolute atomic E-state index is 0.303. The third-order valence-electron chi connectivity index (χ3n) is 1.33. The molecule has 3 nitrogen and oxygen atoms in total. The van der Waals surface area contributed by atoms with Gasteiger partial charge in [0.05, 0.1) is 0 Å². The zero-order valence-electron chi connectivity index (χ0n) is 5.91. The maximum absolute atomic E-state index is 10.5. The summed E-state index contributed by atoms with van der Waals surface area (Å²) in [5.41, 5.74) is 0.303. The summed E-state index contributed by atoms with van der Waals surface area (Å²) in [6.07, 6.45) is 1.73. The Morgan fingerprint density at radius 2 is 2.36 bits per heavy atom. The van der Waals surface area contributed by atoms with Crippen LogP contribution in [-0.2, 0) is 7.05 Å². The van der Waals surface area contributed by atoms with Gasteiger partial charge in [0, 0.05) is 15.7 Å². The Morgan fingerprint density at radius 3 is 2.82 bits per heavy atom. The van der Waals surface area contributed by atoms with E-state index in [4.69, 9.17) is 5.11 Å². The predicted octanol–water partition coefficient (Wildman–Crippen LogP) is 0.814. The topological polar surface area (TPSA) is 41.2 Å². The molecule has 0 aliphatic heterocycles. The summed E-state index contributed by atoms with van der Waals surface area (Å²) in [5.74, 6) is -0.897. The Bertz CT molecular complexity index is 298. The molecule has 0 saturated carbocycles. The summed E-state index contributed by atoms with van der Waals surface area (Å²) in [5, 5.41) is 8.67. The van der Waals surface area contributed by atoms with Crippen LogP contribution in [0.4, 0.5) is 0 Å². The van der Waals surface area contributed by atoms with Crippen molar-refractivity contribution in [2.45, 2.75) is 0 Å². The standard InChI is InChI=1S/C7H6INO2/c1-9-3-2-5(8)4-6(9)7(10)11/h2-4H,1H3/p+1. The highest BCUT2D eigenvalue weighted by molar-refractivity contribution is 14.1. The molecule has 0 bridgehead atoms. The summed E-state index contributed by atoms with van der Waals surface area (Å²) in [6.45, 7) is 0. The second-order valence-electron chi connectivity index (χ2n) is 2.15. The van der Waals surface area contributed by atoms with Gasteiger partial charge >= 0.3 is 5.97 Å². The first-order valence-corrected chi connectivity index (χ1v) is 4.07. The van der Waals surface area contributed by atoms with Crippen molar-refractivity contribution in [3.05, 3.63) is 27.6 Å². The number of aromatic nitrogens is 1. The Kier molecular flexibility index (Phi) is 2.43. The lowest BCUT2D eigenvalue weighted by Gasteiger charge is -1.93. The fraction of sp³-hybridized carbons (Fsp3) is 0.143. The Morgan fingerprint density at radius 1 is 1.73 bits per heavy atom. The van der Waals surface area contributed by atoms with Crippen LogP contribution in [0.25, 0.3) is 0 Å². The molecule has 0 radical (unpaired) electrons. The summed E-state index contributed by atoms with van der Waals surface area (Å²) in [7, 11) is 1.71. The number of aryl methyl sites for hydroxylation is 1. The molecule has 0 fully saturated rings. The molecular formula is C7H7INO2+. The first-order chi connectivity index (χ1) is 5.11. The second kappa shape index (κ2) is 3.17. The summed E-state index contributed by atoms with van der Waals surface area (Å²) < 4.78 is 2.50. The van der Waals surface area contributed by atoms with E-state index < -0.39 is 5.97 Å². The average molecular weight is 264 g/mol. The second-order valence-corrected chi connectivity index (χ2v) is 3.39. The van der Waals surface area contributed by atoms with Gasteiger partial charge in [-0.15, -0.1) is 0 Å². The molecule has 4 heteroatoms. The van der Waals surface area contributed by atoms with Crippen LogP contribution in [0.1, 0.15) is 10.5 Å². The number of halogens is 1. The number of carboxylic acids is 1. The van der Waals surface area contributed by atoms with Gasteiger partial charge in [0.1, 0.15) is 7.05 Å². The number of carbonyl (C=O) groups is 1. The van der Waals surface area contributed by atoms with Gasteiger partial charge in [-0.2, -0.15) is 4.57 Å². The molecular weight excluding hydrogens is 257 g/mol. The zero-order chi connectivity index (χ0) is 8.43. The molecule has 0 amide bonds. The van der Waals surface area contributed by atoms with E-state index in [1.165, 1.54) is 0 Å².